The Labute approximate surface area is 154 Å². The van der Waals surface area contributed by atoms with Gasteiger partial charge in [0.15, 0.2) is 6.61 Å². The summed E-state index contributed by atoms with van der Waals surface area (Å²) in [4.78, 5) is 35.6. The van der Waals surface area contributed by atoms with Crippen molar-refractivity contribution in [1.82, 2.24) is 5.32 Å². The van der Waals surface area contributed by atoms with Crippen LogP contribution < -0.4 is 10.6 Å². The predicted octanol–water partition coefficient (Wildman–Crippen LogP) is 2.59. The molecule has 7 nitrogen and oxygen atoms in total. The fourth-order valence-electron chi connectivity index (χ4n) is 2.08. The molecular weight excluding hydrogens is 360 g/mol. The molecule has 8 heteroatoms. The fraction of sp³-hybridized carbons (Fsp3) is 0.167. The number of aromatic hydroxyl groups is 1. The van der Waals surface area contributed by atoms with E-state index in [2.05, 4.69) is 10.6 Å². The van der Waals surface area contributed by atoms with Gasteiger partial charge in [-0.05, 0) is 43.3 Å². The van der Waals surface area contributed by atoms with E-state index in [0.29, 0.717) is 17.8 Å². The maximum absolute atomic E-state index is 11.9. The third-order valence-electron chi connectivity index (χ3n) is 3.26. The Morgan fingerprint density at radius 1 is 1.15 bits per heavy atom. The predicted molar refractivity (Wildman–Crippen MR) is 96.5 cm³/mol. The summed E-state index contributed by atoms with van der Waals surface area (Å²) < 4.78 is 4.87. The molecule has 0 aromatic heterocycles. The maximum Gasteiger partial charge on any atom is 0.342 e. The average Bonchev–Trinajstić information content (AvgIpc) is 2.62. The number of anilines is 1. The summed E-state index contributed by atoms with van der Waals surface area (Å²) in [5.41, 5.74) is 0.648. The number of carbonyl (C=O) groups is 3. The van der Waals surface area contributed by atoms with Crippen molar-refractivity contribution < 1.29 is 24.2 Å². The quantitative estimate of drug-likeness (QED) is 0.672. The number of ether oxygens (including phenoxy) is 1. The average molecular weight is 377 g/mol. The number of carbonyl (C=O) groups excluding carboxylic acids is 3. The Morgan fingerprint density at radius 3 is 2.65 bits per heavy atom. The normalized spacial score (nSPS) is 10.1. The van der Waals surface area contributed by atoms with Crippen LogP contribution in [-0.2, 0) is 9.53 Å². The first-order chi connectivity index (χ1) is 12.4. The molecule has 0 aliphatic rings. The van der Waals surface area contributed by atoms with E-state index in [-0.39, 0.29) is 22.2 Å². The zero-order valence-electron chi connectivity index (χ0n) is 13.9. The molecule has 0 atom stereocenters. The molecule has 0 spiro atoms. The van der Waals surface area contributed by atoms with Crippen LogP contribution in [0.25, 0.3) is 0 Å². The van der Waals surface area contributed by atoms with Crippen LogP contribution in [0.1, 0.15) is 27.6 Å². The van der Waals surface area contributed by atoms with Gasteiger partial charge in [0, 0.05) is 22.8 Å². The van der Waals surface area contributed by atoms with Gasteiger partial charge in [-0.1, -0.05) is 17.7 Å². The minimum absolute atomic E-state index is 0.136. The van der Waals surface area contributed by atoms with Crippen molar-refractivity contribution in [2.45, 2.75) is 6.92 Å². The molecule has 0 fully saturated rings. The molecule has 0 bridgehead atoms. The molecule has 2 amide bonds. The van der Waals surface area contributed by atoms with Gasteiger partial charge in [-0.15, -0.1) is 0 Å². The lowest BCUT2D eigenvalue weighted by molar-refractivity contribution is -0.119. The molecule has 0 unspecified atom stereocenters. The SMILES string of the molecule is CCNC(=O)c1cccc(NC(=O)COC(=O)c2cc(Cl)ccc2O)c1. The lowest BCUT2D eigenvalue weighted by Crippen LogP contribution is -2.23. The van der Waals surface area contributed by atoms with Crippen LogP contribution in [0.5, 0.6) is 5.75 Å². The van der Waals surface area contributed by atoms with E-state index < -0.39 is 18.5 Å². The number of phenols is 1. The van der Waals surface area contributed by atoms with Crippen LogP contribution in [-0.4, -0.2) is 36.0 Å². The van der Waals surface area contributed by atoms with Crippen molar-refractivity contribution in [3.63, 3.8) is 0 Å². The Bertz CT molecular complexity index is 838. The lowest BCUT2D eigenvalue weighted by Gasteiger charge is -2.09. The van der Waals surface area contributed by atoms with Gasteiger partial charge in [0.25, 0.3) is 11.8 Å². The number of hydrogen-bond donors (Lipinski definition) is 3. The van der Waals surface area contributed by atoms with E-state index in [9.17, 15) is 19.5 Å². The highest BCUT2D eigenvalue weighted by atomic mass is 35.5. The molecule has 26 heavy (non-hydrogen) atoms. The second-order valence-corrected chi connectivity index (χ2v) is 5.66. The summed E-state index contributed by atoms with van der Waals surface area (Å²) in [6.45, 7) is 1.73. The molecular formula is C18H17ClN2O5. The summed E-state index contributed by atoms with van der Waals surface area (Å²) in [7, 11) is 0. The number of benzene rings is 2. The molecule has 0 heterocycles. The molecule has 2 aromatic rings. The zero-order valence-corrected chi connectivity index (χ0v) is 14.7. The molecule has 0 aliphatic carbocycles. The van der Waals surface area contributed by atoms with E-state index in [4.69, 9.17) is 16.3 Å². The van der Waals surface area contributed by atoms with E-state index in [1.807, 2.05) is 0 Å². The minimum atomic E-state index is -0.878. The van der Waals surface area contributed by atoms with Crippen molar-refractivity contribution in [2.24, 2.45) is 0 Å². The molecule has 3 N–H and O–H groups in total. The largest absolute Gasteiger partial charge is 0.507 e. The monoisotopic (exact) mass is 376 g/mol. The van der Waals surface area contributed by atoms with Gasteiger partial charge in [0.2, 0.25) is 0 Å². The molecule has 0 saturated heterocycles. The smallest absolute Gasteiger partial charge is 0.342 e. The van der Waals surface area contributed by atoms with E-state index in [1.165, 1.54) is 24.3 Å². The van der Waals surface area contributed by atoms with Crippen LogP contribution in [0.15, 0.2) is 42.5 Å². The minimum Gasteiger partial charge on any atom is -0.507 e. The number of phenolic OH excluding ortho intramolecular Hbond substituents is 1. The highest BCUT2D eigenvalue weighted by Crippen LogP contribution is 2.22. The first-order valence-electron chi connectivity index (χ1n) is 7.74. The van der Waals surface area contributed by atoms with Crippen LogP contribution in [0.2, 0.25) is 5.02 Å². The molecule has 2 rings (SSSR count). The first kappa shape index (κ1) is 19.3. The second kappa shape index (κ2) is 8.87. The van der Waals surface area contributed by atoms with Gasteiger partial charge >= 0.3 is 5.97 Å². The number of halogens is 1. The third-order valence-corrected chi connectivity index (χ3v) is 3.49. The highest BCUT2D eigenvalue weighted by molar-refractivity contribution is 6.31. The van der Waals surface area contributed by atoms with Gasteiger partial charge in [0.1, 0.15) is 11.3 Å². The first-order valence-corrected chi connectivity index (χ1v) is 8.12. The lowest BCUT2D eigenvalue weighted by atomic mass is 10.2. The van der Waals surface area contributed by atoms with Gasteiger partial charge in [-0.25, -0.2) is 4.79 Å². The standard InChI is InChI=1S/C18H17ClN2O5/c1-2-20-17(24)11-4-3-5-13(8-11)21-16(23)10-26-18(25)14-9-12(19)6-7-15(14)22/h3-9,22H,2,10H2,1H3,(H,20,24)(H,21,23). The Morgan fingerprint density at radius 2 is 1.92 bits per heavy atom. The van der Waals surface area contributed by atoms with Crippen molar-refractivity contribution in [3.05, 3.63) is 58.6 Å². The van der Waals surface area contributed by atoms with Gasteiger partial charge in [-0.3, -0.25) is 9.59 Å². The summed E-state index contributed by atoms with van der Waals surface area (Å²) in [5, 5.41) is 15.1. The second-order valence-electron chi connectivity index (χ2n) is 5.23. The van der Waals surface area contributed by atoms with Gasteiger partial charge in [0.05, 0.1) is 0 Å². The van der Waals surface area contributed by atoms with E-state index >= 15 is 0 Å². The summed E-state index contributed by atoms with van der Waals surface area (Å²) >= 11 is 5.76. The van der Waals surface area contributed by atoms with E-state index in [1.54, 1.807) is 25.1 Å². The number of amides is 2. The van der Waals surface area contributed by atoms with Crippen molar-refractivity contribution >= 4 is 35.1 Å². The van der Waals surface area contributed by atoms with Gasteiger partial charge in [-0.2, -0.15) is 0 Å². The summed E-state index contributed by atoms with van der Waals surface area (Å²) in [6.07, 6.45) is 0. The molecule has 0 saturated carbocycles. The van der Waals surface area contributed by atoms with Crippen LogP contribution in [0.4, 0.5) is 5.69 Å². The molecule has 2 aromatic carbocycles. The van der Waals surface area contributed by atoms with Gasteiger partial charge < -0.3 is 20.5 Å². The number of hydrogen-bond acceptors (Lipinski definition) is 5. The van der Waals surface area contributed by atoms with E-state index in [0.717, 1.165) is 0 Å². The fourth-order valence-corrected chi connectivity index (χ4v) is 2.25. The van der Waals surface area contributed by atoms with Crippen LogP contribution >= 0.6 is 11.6 Å². The topological polar surface area (TPSA) is 105 Å². The third kappa shape index (κ3) is 5.22. The van der Waals surface area contributed by atoms with Crippen molar-refractivity contribution in [2.75, 3.05) is 18.5 Å². The maximum atomic E-state index is 11.9. The Kier molecular flexibility index (Phi) is 6.57. The van der Waals surface area contributed by atoms with Crippen molar-refractivity contribution in [3.8, 4) is 5.75 Å². The number of nitrogens with one attached hydrogen (secondary N) is 2. The zero-order chi connectivity index (χ0) is 19.1. The van der Waals surface area contributed by atoms with Crippen molar-refractivity contribution in [1.29, 1.82) is 0 Å². The molecule has 0 aliphatic heterocycles. The van der Waals surface area contributed by atoms with Crippen LogP contribution in [0.3, 0.4) is 0 Å². The molecule has 136 valence electrons. The molecule has 0 radical (unpaired) electrons. The Hall–Kier alpha value is -3.06. The summed E-state index contributed by atoms with van der Waals surface area (Å²) in [5.74, 6) is -2.02. The number of rotatable bonds is 6. The number of esters is 1. The highest BCUT2D eigenvalue weighted by Gasteiger charge is 2.15. The Balaban J connectivity index is 1.95. The summed E-state index contributed by atoms with van der Waals surface area (Å²) in [6, 6.07) is 10.3. The van der Waals surface area contributed by atoms with Crippen LogP contribution in [0, 0.1) is 0 Å².